The van der Waals surface area contributed by atoms with Gasteiger partial charge in [0.25, 0.3) is 0 Å². The Kier molecular flexibility index (Phi) is 2.80. The summed E-state index contributed by atoms with van der Waals surface area (Å²) in [5.41, 5.74) is 1.23. The molecule has 0 aliphatic carbocycles. The lowest BCUT2D eigenvalue weighted by Crippen LogP contribution is -2.57. The third-order valence-electron chi connectivity index (χ3n) is 3.00. The molecule has 1 fully saturated rings. The molecule has 0 radical (unpaired) electrons. The van der Waals surface area contributed by atoms with E-state index in [4.69, 9.17) is 4.52 Å². The Morgan fingerprint density at radius 1 is 1.60 bits per heavy atom. The first-order chi connectivity index (χ1) is 7.08. The van der Waals surface area contributed by atoms with Gasteiger partial charge in [-0.2, -0.15) is 0 Å². The summed E-state index contributed by atoms with van der Waals surface area (Å²) in [5, 5.41) is 7.45. The van der Waals surface area contributed by atoms with E-state index in [1.165, 1.54) is 0 Å². The largest absolute Gasteiger partial charge is 0.361 e. The molecule has 1 aromatic rings. The van der Waals surface area contributed by atoms with E-state index in [9.17, 15) is 0 Å². The van der Waals surface area contributed by atoms with Gasteiger partial charge in [-0.05, 0) is 20.8 Å². The summed E-state index contributed by atoms with van der Waals surface area (Å²) < 4.78 is 5.08. The highest BCUT2D eigenvalue weighted by molar-refractivity contribution is 5.05. The molecule has 1 aliphatic rings. The Labute approximate surface area is 90.6 Å². The second-order valence-corrected chi connectivity index (χ2v) is 4.84. The van der Waals surface area contributed by atoms with E-state index in [-0.39, 0.29) is 5.54 Å². The van der Waals surface area contributed by atoms with E-state index in [0.29, 0.717) is 0 Å². The molecule has 4 nitrogen and oxygen atoms in total. The maximum atomic E-state index is 5.08. The Balaban J connectivity index is 2.04. The van der Waals surface area contributed by atoms with Crippen molar-refractivity contribution in [2.45, 2.75) is 32.9 Å². The zero-order chi connectivity index (χ0) is 10.9. The van der Waals surface area contributed by atoms with Gasteiger partial charge in [0.2, 0.25) is 0 Å². The van der Waals surface area contributed by atoms with Crippen LogP contribution in [0.5, 0.6) is 0 Å². The molecular weight excluding hydrogens is 190 g/mol. The maximum Gasteiger partial charge on any atom is 0.133 e. The molecule has 15 heavy (non-hydrogen) atoms. The van der Waals surface area contributed by atoms with E-state index in [1.54, 1.807) is 0 Å². The van der Waals surface area contributed by atoms with Crippen LogP contribution in [0.4, 0.5) is 0 Å². The van der Waals surface area contributed by atoms with Gasteiger partial charge in [0, 0.05) is 37.8 Å². The molecule has 0 unspecified atom stereocenters. The summed E-state index contributed by atoms with van der Waals surface area (Å²) in [6, 6.07) is 2.01. The van der Waals surface area contributed by atoms with E-state index >= 15 is 0 Å². The summed E-state index contributed by atoms with van der Waals surface area (Å²) in [5.74, 6) is 0.887. The van der Waals surface area contributed by atoms with Gasteiger partial charge in [0.05, 0.1) is 5.69 Å². The topological polar surface area (TPSA) is 41.3 Å². The van der Waals surface area contributed by atoms with Crippen LogP contribution < -0.4 is 5.32 Å². The van der Waals surface area contributed by atoms with Crippen LogP contribution in [0.15, 0.2) is 10.6 Å². The molecule has 84 valence electrons. The lowest BCUT2D eigenvalue weighted by atomic mass is 10.00. The average Bonchev–Trinajstić information content (AvgIpc) is 2.55. The second kappa shape index (κ2) is 3.94. The number of hydrogen-bond donors (Lipinski definition) is 1. The summed E-state index contributed by atoms with van der Waals surface area (Å²) in [6.45, 7) is 10.5. The number of rotatable bonds is 2. The van der Waals surface area contributed by atoms with Crippen molar-refractivity contribution >= 4 is 0 Å². The zero-order valence-corrected chi connectivity index (χ0v) is 9.71. The maximum absolute atomic E-state index is 5.08. The minimum absolute atomic E-state index is 0.200. The highest BCUT2D eigenvalue weighted by Gasteiger charge is 2.29. The predicted octanol–water partition coefficient (Wildman–Crippen LogP) is 1.17. The van der Waals surface area contributed by atoms with Crippen molar-refractivity contribution < 1.29 is 4.52 Å². The van der Waals surface area contributed by atoms with E-state index in [0.717, 1.165) is 37.6 Å². The lowest BCUT2D eigenvalue weighted by Gasteiger charge is -2.42. The number of aromatic nitrogens is 1. The molecule has 1 saturated heterocycles. The van der Waals surface area contributed by atoms with Gasteiger partial charge in [0.1, 0.15) is 5.76 Å². The molecular formula is C11H19N3O. The van der Waals surface area contributed by atoms with Crippen molar-refractivity contribution in [2.75, 3.05) is 19.6 Å². The molecule has 0 bridgehead atoms. The summed E-state index contributed by atoms with van der Waals surface area (Å²) in [4.78, 5) is 2.45. The van der Waals surface area contributed by atoms with Crippen LogP contribution in [-0.2, 0) is 6.54 Å². The van der Waals surface area contributed by atoms with Gasteiger partial charge in [-0.1, -0.05) is 5.16 Å². The van der Waals surface area contributed by atoms with Gasteiger partial charge in [-0.25, -0.2) is 0 Å². The zero-order valence-electron chi connectivity index (χ0n) is 9.71. The number of hydrogen-bond acceptors (Lipinski definition) is 4. The Bertz CT molecular complexity index is 332. The van der Waals surface area contributed by atoms with Crippen molar-refractivity contribution in [1.82, 2.24) is 15.4 Å². The van der Waals surface area contributed by atoms with Crippen molar-refractivity contribution in [2.24, 2.45) is 0 Å². The normalized spacial score (nSPS) is 21.8. The quantitative estimate of drug-likeness (QED) is 0.793. The van der Waals surface area contributed by atoms with Crippen LogP contribution in [-0.4, -0.2) is 35.2 Å². The molecule has 0 saturated carbocycles. The summed E-state index contributed by atoms with van der Waals surface area (Å²) in [6.07, 6.45) is 0. The van der Waals surface area contributed by atoms with Crippen LogP contribution in [0.2, 0.25) is 0 Å². The first-order valence-electron chi connectivity index (χ1n) is 5.46. The average molecular weight is 209 g/mol. The standard InChI is InChI=1S/C11H19N3O/c1-9-6-10(13-15-9)7-14-5-4-12-8-11(14,2)3/h6,12H,4-5,7-8H2,1-3H3. The first kappa shape index (κ1) is 10.6. The smallest absolute Gasteiger partial charge is 0.133 e. The van der Waals surface area contributed by atoms with Gasteiger partial charge >= 0.3 is 0 Å². The molecule has 2 rings (SSSR count). The Morgan fingerprint density at radius 3 is 3.00 bits per heavy atom. The van der Waals surface area contributed by atoms with Crippen LogP contribution in [0.1, 0.15) is 25.3 Å². The van der Waals surface area contributed by atoms with Crippen LogP contribution in [0.3, 0.4) is 0 Å². The van der Waals surface area contributed by atoms with Crippen molar-refractivity contribution in [1.29, 1.82) is 0 Å². The van der Waals surface area contributed by atoms with Crippen molar-refractivity contribution in [3.63, 3.8) is 0 Å². The molecule has 0 atom stereocenters. The number of piperazine rings is 1. The second-order valence-electron chi connectivity index (χ2n) is 4.84. The molecule has 4 heteroatoms. The van der Waals surface area contributed by atoms with E-state index < -0.39 is 0 Å². The Hall–Kier alpha value is -0.870. The molecule has 1 aromatic heterocycles. The third kappa shape index (κ3) is 2.38. The third-order valence-corrected chi connectivity index (χ3v) is 3.00. The van der Waals surface area contributed by atoms with Gasteiger partial charge in [-0.15, -0.1) is 0 Å². The number of nitrogens with zero attached hydrogens (tertiary/aromatic N) is 2. The molecule has 1 N–H and O–H groups in total. The minimum Gasteiger partial charge on any atom is -0.361 e. The molecule has 0 amide bonds. The summed E-state index contributed by atoms with van der Waals surface area (Å²) >= 11 is 0. The number of aryl methyl sites for hydroxylation is 1. The predicted molar refractivity (Wildman–Crippen MR) is 58.6 cm³/mol. The fourth-order valence-corrected chi connectivity index (χ4v) is 2.00. The first-order valence-corrected chi connectivity index (χ1v) is 5.46. The lowest BCUT2D eigenvalue weighted by molar-refractivity contribution is 0.0803. The van der Waals surface area contributed by atoms with Crippen LogP contribution in [0.25, 0.3) is 0 Å². The molecule has 2 heterocycles. The van der Waals surface area contributed by atoms with Crippen molar-refractivity contribution in [3.05, 3.63) is 17.5 Å². The fourth-order valence-electron chi connectivity index (χ4n) is 2.00. The van der Waals surface area contributed by atoms with E-state index in [1.807, 2.05) is 13.0 Å². The minimum atomic E-state index is 0.200. The molecule has 0 spiro atoms. The fraction of sp³-hybridized carbons (Fsp3) is 0.727. The molecule has 1 aliphatic heterocycles. The monoisotopic (exact) mass is 209 g/mol. The highest BCUT2D eigenvalue weighted by atomic mass is 16.5. The van der Waals surface area contributed by atoms with Crippen molar-refractivity contribution in [3.8, 4) is 0 Å². The Morgan fingerprint density at radius 2 is 2.40 bits per heavy atom. The highest BCUT2D eigenvalue weighted by Crippen LogP contribution is 2.19. The van der Waals surface area contributed by atoms with Gasteiger partial charge in [0.15, 0.2) is 0 Å². The van der Waals surface area contributed by atoms with Crippen LogP contribution >= 0.6 is 0 Å². The molecule has 0 aromatic carbocycles. The number of nitrogens with one attached hydrogen (secondary N) is 1. The van der Waals surface area contributed by atoms with E-state index in [2.05, 4.69) is 29.2 Å². The van der Waals surface area contributed by atoms with Gasteiger partial charge in [-0.3, -0.25) is 4.90 Å². The summed E-state index contributed by atoms with van der Waals surface area (Å²) in [7, 11) is 0. The van der Waals surface area contributed by atoms with Crippen LogP contribution in [0, 0.1) is 6.92 Å². The SMILES string of the molecule is Cc1cc(CN2CCNCC2(C)C)no1. The van der Waals surface area contributed by atoms with Gasteiger partial charge < -0.3 is 9.84 Å².